The molecule has 1 N–H and O–H groups in total. The maximum Gasteiger partial charge on any atom is 0.407 e. The normalized spacial score (nSPS) is 21.5. The summed E-state index contributed by atoms with van der Waals surface area (Å²) >= 11 is 0. The van der Waals surface area contributed by atoms with Crippen molar-refractivity contribution in [2.45, 2.75) is 66.0 Å². The second kappa shape index (κ2) is 7.36. The lowest BCUT2D eigenvalue weighted by Gasteiger charge is -2.41. The van der Waals surface area contributed by atoms with Crippen LogP contribution in [0.5, 0.6) is 0 Å². The SMILES string of the molecule is Cc1cc(N2CCC[C@H](C)[C@@H]2CNC(=O)OC(C)(C)C)nc(C)n1. The number of nitrogens with one attached hydrogen (secondary N) is 1. The van der Waals surface area contributed by atoms with Gasteiger partial charge in [0.15, 0.2) is 0 Å². The number of alkyl carbamates (subject to hydrolysis) is 1. The van der Waals surface area contributed by atoms with E-state index in [-0.39, 0.29) is 12.1 Å². The first kappa shape index (κ1) is 18.5. The van der Waals surface area contributed by atoms with Crippen molar-refractivity contribution in [3.05, 3.63) is 17.6 Å². The van der Waals surface area contributed by atoms with Crippen LogP contribution in [0.3, 0.4) is 0 Å². The van der Waals surface area contributed by atoms with Gasteiger partial charge in [-0.05, 0) is 53.4 Å². The Kier molecular flexibility index (Phi) is 5.67. The van der Waals surface area contributed by atoms with Crippen LogP contribution >= 0.6 is 0 Å². The molecule has 1 aromatic heterocycles. The second-order valence-corrected chi connectivity index (χ2v) is 7.68. The Labute approximate surface area is 145 Å². The van der Waals surface area contributed by atoms with Gasteiger partial charge >= 0.3 is 6.09 Å². The van der Waals surface area contributed by atoms with E-state index < -0.39 is 5.60 Å². The van der Waals surface area contributed by atoms with E-state index in [1.807, 2.05) is 40.7 Å². The molecule has 6 heteroatoms. The van der Waals surface area contributed by atoms with E-state index in [2.05, 4.69) is 27.1 Å². The number of hydrogen-bond acceptors (Lipinski definition) is 5. The van der Waals surface area contributed by atoms with Crippen molar-refractivity contribution in [3.8, 4) is 0 Å². The Balaban J connectivity index is 2.10. The highest BCUT2D eigenvalue weighted by Gasteiger charge is 2.30. The molecule has 0 radical (unpaired) electrons. The fourth-order valence-corrected chi connectivity index (χ4v) is 3.19. The molecule has 0 spiro atoms. The summed E-state index contributed by atoms with van der Waals surface area (Å²) in [6.07, 6.45) is 1.92. The summed E-state index contributed by atoms with van der Waals surface area (Å²) in [4.78, 5) is 23.2. The highest BCUT2D eigenvalue weighted by atomic mass is 16.6. The maximum atomic E-state index is 12.0. The topological polar surface area (TPSA) is 67.4 Å². The van der Waals surface area contributed by atoms with Gasteiger partial charge in [0.05, 0.1) is 6.04 Å². The predicted molar refractivity (Wildman–Crippen MR) is 95.3 cm³/mol. The molecule has 2 heterocycles. The third-order valence-electron chi connectivity index (χ3n) is 4.22. The first-order chi connectivity index (χ1) is 11.2. The number of nitrogens with zero attached hydrogens (tertiary/aromatic N) is 3. The summed E-state index contributed by atoms with van der Waals surface area (Å²) in [5.41, 5.74) is 0.484. The zero-order valence-corrected chi connectivity index (χ0v) is 15.7. The summed E-state index contributed by atoms with van der Waals surface area (Å²) in [5, 5.41) is 2.92. The second-order valence-electron chi connectivity index (χ2n) is 7.68. The largest absolute Gasteiger partial charge is 0.444 e. The minimum absolute atomic E-state index is 0.208. The molecule has 2 rings (SSSR count). The molecular formula is C18H30N4O2. The molecule has 0 aliphatic carbocycles. The number of aromatic nitrogens is 2. The highest BCUT2D eigenvalue weighted by molar-refractivity contribution is 5.67. The quantitative estimate of drug-likeness (QED) is 0.919. The van der Waals surface area contributed by atoms with E-state index in [4.69, 9.17) is 4.74 Å². The average molecular weight is 334 g/mol. The number of ether oxygens (including phenoxy) is 1. The van der Waals surface area contributed by atoms with E-state index in [9.17, 15) is 4.79 Å². The van der Waals surface area contributed by atoms with Crippen molar-refractivity contribution in [1.82, 2.24) is 15.3 Å². The van der Waals surface area contributed by atoms with Crippen molar-refractivity contribution in [2.75, 3.05) is 18.0 Å². The fourth-order valence-electron chi connectivity index (χ4n) is 3.19. The monoisotopic (exact) mass is 334 g/mol. The number of hydrogen-bond donors (Lipinski definition) is 1. The molecule has 134 valence electrons. The third-order valence-corrected chi connectivity index (χ3v) is 4.22. The van der Waals surface area contributed by atoms with Gasteiger partial charge in [-0.25, -0.2) is 14.8 Å². The molecule has 1 aromatic rings. The molecule has 1 aliphatic rings. The van der Waals surface area contributed by atoms with Crippen LogP contribution in [-0.4, -0.2) is 40.8 Å². The molecule has 0 aromatic carbocycles. The van der Waals surface area contributed by atoms with Crippen LogP contribution in [0.1, 0.15) is 52.1 Å². The van der Waals surface area contributed by atoms with E-state index in [1.54, 1.807) is 0 Å². The smallest absolute Gasteiger partial charge is 0.407 e. The number of piperidine rings is 1. The molecule has 1 amide bonds. The lowest BCUT2D eigenvalue weighted by atomic mass is 9.90. The van der Waals surface area contributed by atoms with Crippen LogP contribution in [-0.2, 0) is 4.74 Å². The van der Waals surface area contributed by atoms with Gasteiger partial charge in [0.25, 0.3) is 0 Å². The van der Waals surface area contributed by atoms with Crippen molar-refractivity contribution in [3.63, 3.8) is 0 Å². The average Bonchev–Trinajstić information content (AvgIpc) is 2.42. The standard InChI is InChI=1S/C18H30N4O2/c1-12-8-7-9-22(16-10-13(2)20-14(3)21-16)15(12)11-19-17(23)24-18(4,5)6/h10,12,15H,7-9,11H2,1-6H3,(H,19,23)/t12-,15-/m0/s1. The zero-order valence-electron chi connectivity index (χ0n) is 15.7. The molecule has 0 unspecified atom stereocenters. The third kappa shape index (κ3) is 5.08. The van der Waals surface area contributed by atoms with Gasteiger partial charge in [-0.15, -0.1) is 0 Å². The Morgan fingerprint density at radius 3 is 2.71 bits per heavy atom. The van der Waals surface area contributed by atoms with Gasteiger partial charge in [-0.1, -0.05) is 6.92 Å². The van der Waals surface area contributed by atoms with Crippen LogP contribution in [0.25, 0.3) is 0 Å². The van der Waals surface area contributed by atoms with E-state index >= 15 is 0 Å². The highest BCUT2D eigenvalue weighted by Crippen LogP contribution is 2.27. The van der Waals surface area contributed by atoms with E-state index in [1.165, 1.54) is 0 Å². The van der Waals surface area contributed by atoms with Crippen molar-refractivity contribution in [1.29, 1.82) is 0 Å². The van der Waals surface area contributed by atoms with Gasteiger partial charge in [0.1, 0.15) is 17.2 Å². The molecule has 24 heavy (non-hydrogen) atoms. The zero-order chi connectivity index (χ0) is 17.9. The summed E-state index contributed by atoms with van der Waals surface area (Å²) in [5.74, 6) is 2.20. The van der Waals surface area contributed by atoms with Gasteiger partial charge < -0.3 is 15.0 Å². The van der Waals surface area contributed by atoms with E-state index in [0.29, 0.717) is 12.5 Å². The van der Waals surface area contributed by atoms with Crippen molar-refractivity contribution >= 4 is 11.9 Å². The molecule has 1 saturated heterocycles. The van der Waals surface area contributed by atoms with Crippen LogP contribution in [0.4, 0.5) is 10.6 Å². The first-order valence-corrected chi connectivity index (χ1v) is 8.71. The Morgan fingerprint density at radius 1 is 1.38 bits per heavy atom. The van der Waals surface area contributed by atoms with Crippen LogP contribution in [0, 0.1) is 19.8 Å². The van der Waals surface area contributed by atoms with Gasteiger partial charge in [-0.2, -0.15) is 0 Å². The summed E-state index contributed by atoms with van der Waals surface area (Å²) in [6.45, 7) is 13.2. The van der Waals surface area contributed by atoms with Crippen LogP contribution in [0.2, 0.25) is 0 Å². The number of rotatable bonds is 3. The Morgan fingerprint density at radius 2 is 2.08 bits per heavy atom. The van der Waals surface area contributed by atoms with Gasteiger partial charge in [0, 0.05) is 24.8 Å². The van der Waals surface area contributed by atoms with Crippen LogP contribution < -0.4 is 10.2 Å². The Bertz CT molecular complexity index is 563. The molecule has 6 nitrogen and oxygen atoms in total. The summed E-state index contributed by atoms with van der Waals surface area (Å²) in [6, 6.07) is 2.23. The van der Waals surface area contributed by atoms with Crippen molar-refractivity contribution in [2.24, 2.45) is 5.92 Å². The van der Waals surface area contributed by atoms with Crippen LogP contribution in [0.15, 0.2) is 6.07 Å². The lowest BCUT2D eigenvalue weighted by Crippen LogP contribution is -2.51. The van der Waals surface area contributed by atoms with Gasteiger partial charge in [-0.3, -0.25) is 0 Å². The molecule has 1 fully saturated rings. The Hall–Kier alpha value is -1.85. The lowest BCUT2D eigenvalue weighted by molar-refractivity contribution is 0.0519. The van der Waals surface area contributed by atoms with Gasteiger partial charge in [0.2, 0.25) is 0 Å². The summed E-state index contributed by atoms with van der Waals surface area (Å²) in [7, 11) is 0. The predicted octanol–water partition coefficient (Wildman–Crippen LogP) is 3.22. The number of aryl methyl sites for hydroxylation is 2. The van der Waals surface area contributed by atoms with Crippen molar-refractivity contribution < 1.29 is 9.53 Å². The minimum Gasteiger partial charge on any atom is -0.444 e. The number of carbonyl (C=O) groups is 1. The minimum atomic E-state index is -0.483. The number of amides is 1. The molecule has 2 atom stereocenters. The molecular weight excluding hydrogens is 304 g/mol. The fraction of sp³-hybridized carbons (Fsp3) is 0.722. The molecule has 0 saturated carbocycles. The summed E-state index contributed by atoms with van der Waals surface area (Å²) < 4.78 is 5.35. The first-order valence-electron chi connectivity index (χ1n) is 8.71. The maximum absolute atomic E-state index is 12.0. The number of carbonyl (C=O) groups excluding carboxylic acids is 1. The number of anilines is 1. The molecule has 1 aliphatic heterocycles. The molecule has 0 bridgehead atoms. The van der Waals surface area contributed by atoms with E-state index in [0.717, 1.165) is 36.7 Å².